The molecule has 2 aromatic heterocycles. The van der Waals surface area contributed by atoms with Gasteiger partial charge in [0.1, 0.15) is 10.8 Å². The van der Waals surface area contributed by atoms with Crippen molar-refractivity contribution in [3.63, 3.8) is 0 Å². The first kappa shape index (κ1) is 21.0. The third kappa shape index (κ3) is 6.75. The first-order chi connectivity index (χ1) is 8.69. The van der Waals surface area contributed by atoms with E-state index in [0.29, 0.717) is 10.8 Å². The van der Waals surface area contributed by atoms with Gasteiger partial charge in [0.2, 0.25) is 0 Å². The van der Waals surface area contributed by atoms with Gasteiger partial charge in [-0.25, -0.2) is 9.97 Å². The molecule has 1 N–H and O–H groups in total. The second-order valence-electron chi connectivity index (χ2n) is 3.10. The van der Waals surface area contributed by atoms with Crippen LogP contribution in [0.3, 0.4) is 0 Å². The Morgan fingerprint density at radius 1 is 0.850 bits per heavy atom. The fraction of sp³-hybridized carbons (Fsp3) is 0.385. The van der Waals surface area contributed by atoms with Crippen LogP contribution in [0.15, 0.2) is 24.8 Å². The fourth-order valence-corrected chi connectivity index (χ4v) is 1.45. The Kier molecular flexibility index (Phi) is 12.1. The maximum absolute atomic E-state index is 8.53. The normalized spacial score (nSPS) is 8.60. The quantitative estimate of drug-likeness (QED) is 0.916. The van der Waals surface area contributed by atoms with Crippen LogP contribution in [0, 0.1) is 0 Å². The maximum atomic E-state index is 8.53. The molecule has 20 heavy (non-hydrogen) atoms. The standard InChI is InChI=1S/C6H7ClN2.C5H5ClN2O.2CH4/c1-2-5-6(7)9-4-3-8-5;6-5-4(3-9)7-1-2-8-5;;/h3-4H,2H2,1H3;1-2,9H,3H2;2*1H4. The molecule has 0 fully saturated rings. The van der Waals surface area contributed by atoms with Gasteiger partial charge in [0.25, 0.3) is 0 Å². The van der Waals surface area contributed by atoms with E-state index < -0.39 is 0 Å². The van der Waals surface area contributed by atoms with Crippen molar-refractivity contribution in [3.05, 3.63) is 46.5 Å². The lowest BCUT2D eigenvalue weighted by atomic mass is 10.4. The molecular weight excluding hydrogens is 299 g/mol. The van der Waals surface area contributed by atoms with Gasteiger partial charge in [-0.3, -0.25) is 9.97 Å². The molecule has 0 aliphatic rings. The molecule has 0 aliphatic carbocycles. The summed E-state index contributed by atoms with van der Waals surface area (Å²) in [6, 6.07) is 0. The number of halogens is 2. The second kappa shape index (κ2) is 11.5. The number of aryl methyl sites for hydroxylation is 1. The summed E-state index contributed by atoms with van der Waals surface area (Å²) >= 11 is 11.1. The van der Waals surface area contributed by atoms with E-state index >= 15 is 0 Å². The minimum Gasteiger partial charge on any atom is -0.390 e. The number of aliphatic hydroxyl groups is 1. The molecule has 0 bridgehead atoms. The number of nitrogens with zero attached hydrogens (tertiary/aromatic N) is 4. The third-order valence-electron chi connectivity index (χ3n) is 1.93. The van der Waals surface area contributed by atoms with E-state index in [0.717, 1.165) is 12.1 Å². The Labute approximate surface area is 130 Å². The van der Waals surface area contributed by atoms with Crippen LogP contribution in [0.1, 0.15) is 33.2 Å². The molecule has 112 valence electrons. The van der Waals surface area contributed by atoms with Gasteiger partial charge in [-0.15, -0.1) is 0 Å². The predicted octanol–water partition coefficient (Wildman–Crippen LogP) is 3.59. The Balaban J connectivity index is 0. The summed E-state index contributed by atoms with van der Waals surface area (Å²) in [5.41, 5.74) is 1.28. The second-order valence-corrected chi connectivity index (χ2v) is 3.82. The molecule has 5 nitrogen and oxygen atoms in total. The van der Waals surface area contributed by atoms with Crippen LogP contribution in [0.25, 0.3) is 0 Å². The zero-order valence-electron chi connectivity index (χ0n) is 9.72. The minimum absolute atomic E-state index is 0. The molecule has 0 aromatic carbocycles. The summed E-state index contributed by atoms with van der Waals surface area (Å²) in [7, 11) is 0. The summed E-state index contributed by atoms with van der Waals surface area (Å²) < 4.78 is 0. The van der Waals surface area contributed by atoms with Crippen LogP contribution in [-0.4, -0.2) is 25.0 Å². The Bertz CT molecular complexity index is 452. The lowest BCUT2D eigenvalue weighted by Crippen LogP contribution is -1.90. The Hall–Kier alpha value is -1.30. The summed E-state index contributed by atoms with van der Waals surface area (Å²) in [5, 5.41) is 9.31. The number of hydrogen-bond acceptors (Lipinski definition) is 5. The zero-order chi connectivity index (χ0) is 13.4. The molecule has 0 radical (unpaired) electrons. The molecule has 0 atom stereocenters. The molecule has 0 saturated heterocycles. The average molecular weight is 319 g/mol. The van der Waals surface area contributed by atoms with Crippen molar-refractivity contribution in [1.82, 2.24) is 19.9 Å². The van der Waals surface area contributed by atoms with Gasteiger partial charge in [0.15, 0.2) is 5.15 Å². The van der Waals surface area contributed by atoms with E-state index in [9.17, 15) is 0 Å². The lowest BCUT2D eigenvalue weighted by molar-refractivity contribution is 0.276. The first-order valence-electron chi connectivity index (χ1n) is 5.20. The highest BCUT2D eigenvalue weighted by molar-refractivity contribution is 6.30. The van der Waals surface area contributed by atoms with E-state index in [2.05, 4.69) is 19.9 Å². The van der Waals surface area contributed by atoms with E-state index in [1.807, 2.05) is 6.92 Å². The van der Waals surface area contributed by atoms with Crippen LogP contribution in [-0.2, 0) is 13.0 Å². The first-order valence-corrected chi connectivity index (χ1v) is 5.96. The smallest absolute Gasteiger partial charge is 0.152 e. The van der Waals surface area contributed by atoms with E-state index in [4.69, 9.17) is 28.3 Å². The van der Waals surface area contributed by atoms with Crippen molar-refractivity contribution in [2.24, 2.45) is 0 Å². The summed E-state index contributed by atoms with van der Waals surface area (Å²) in [6.07, 6.45) is 7.03. The molecule has 0 spiro atoms. The minimum atomic E-state index is -0.160. The molecular formula is C13H20Cl2N4O. The topological polar surface area (TPSA) is 71.8 Å². The monoisotopic (exact) mass is 318 g/mol. The van der Waals surface area contributed by atoms with E-state index in [1.54, 1.807) is 12.4 Å². The van der Waals surface area contributed by atoms with Gasteiger partial charge in [-0.2, -0.15) is 0 Å². The van der Waals surface area contributed by atoms with Crippen LogP contribution >= 0.6 is 23.2 Å². The predicted molar refractivity (Wildman–Crippen MR) is 82.8 cm³/mol. The van der Waals surface area contributed by atoms with Crippen molar-refractivity contribution in [1.29, 1.82) is 0 Å². The van der Waals surface area contributed by atoms with Gasteiger partial charge in [0, 0.05) is 24.8 Å². The zero-order valence-corrected chi connectivity index (χ0v) is 11.2. The third-order valence-corrected chi connectivity index (χ3v) is 2.56. The Morgan fingerprint density at radius 3 is 1.50 bits per heavy atom. The van der Waals surface area contributed by atoms with Gasteiger partial charge in [0.05, 0.1) is 12.3 Å². The molecule has 0 aliphatic heterocycles. The van der Waals surface area contributed by atoms with Crippen molar-refractivity contribution >= 4 is 23.2 Å². The van der Waals surface area contributed by atoms with Crippen molar-refractivity contribution in [3.8, 4) is 0 Å². The van der Waals surface area contributed by atoms with Crippen LogP contribution in [0.2, 0.25) is 10.3 Å². The number of aliphatic hydroxyl groups excluding tert-OH is 1. The Morgan fingerprint density at radius 2 is 1.25 bits per heavy atom. The van der Waals surface area contributed by atoms with Crippen molar-refractivity contribution in [2.75, 3.05) is 0 Å². The van der Waals surface area contributed by atoms with Crippen molar-refractivity contribution < 1.29 is 5.11 Å². The molecule has 7 heteroatoms. The summed E-state index contributed by atoms with van der Waals surface area (Å²) in [4.78, 5) is 15.3. The van der Waals surface area contributed by atoms with Gasteiger partial charge in [-0.05, 0) is 6.42 Å². The van der Waals surface area contributed by atoms with Crippen molar-refractivity contribution in [2.45, 2.75) is 34.8 Å². The van der Waals surface area contributed by atoms with Gasteiger partial charge < -0.3 is 5.11 Å². The molecule has 2 aromatic rings. The van der Waals surface area contributed by atoms with Gasteiger partial charge in [-0.1, -0.05) is 45.0 Å². The van der Waals surface area contributed by atoms with E-state index in [-0.39, 0.29) is 26.6 Å². The van der Waals surface area contributed by atoms with Crippen LogP contribution in [0.4, 0.5) is 0 Å². The SMILES string of the molecule is C.C.CCc1nccnc1Cl.OCc1nccnc1Cl. The van der Waals surface area contributed by atoms with E-state index in [1.165, 1.54) is 12.4 Å². The molecule has 0 saturated carbocycles. The summed E-state index contributed by atoms with van der Waals surface area (Å²) in [6.45, 7) is 1.84. The highest BCUT2D eigenvalue weighted by Gasteiger charge is 1.97. The number of hydrogen-bond donors (Lipinski definition) is 1. The van der Waals surface area contributed by atoms with Crippen LogP contribution in [0.5, 0.6) is 0 Å². The lowest BCUT2D eigenvalue weighted by Gasteiger charge is -1.93. The number of aromatic nitrogens is 4. The average Bonchev–Trinajstić information content (AvgIpc) is 2.41. The highest BCUT2D eigenvalue weighted by atomic mass is 35.5. The summed E-state index contributed by atoms with van der Waals surface area (Å²) in [5.74, 6) is 0. The molecule has 2 rings (SSSR count). The maximum Gasteiger partial charge on any atom is 0.152 e. The fourth-order valence-electron chi connectivity index (χ4n) is 1.04. The molecule has 0 amide bonds. The number of rotatable bonds is 2. The molecule has 2 heterocycles. The molecule has 0 unspecified atom stereocenters. The van der Waals surface area contributed by atoms with Crippen LogP contribution < -0.4 is 0 Å². The highest BCUT2D eigenvalue weighted by Crippen LogP contribution is 2.07. The van der Waals surface area contributed by atoms with Gasteiger partial charge >= 0.3 is 0 Å². The largest absolute Gasteiger partial charge is 0.390 e.